The maximum Gasteiger partial charge on any atom is 0.415 e. The van der Waals surface area contributed by atoms with Crippen LogP contribution in [-0.4, -0.2) is 24.2 Å². The fourth-order valence-electron chi connectivity index (χ4n) is 5.50. The summed E-state index contributed by atoms with van der Waals surface area (Å²) in [6, 6.07) is 17.9. The summed E-state index contributed by atoms with van der Waals surface area (Å²) in [4.78, 5) is 15.2. The van der Waals surface area contributed by atoms with E-state index in [-0.39, 0.29) is 6.10 Å². The van der Waals surface area contributed by atoms with Crippen molar-refractivity contribution in [1.29, 1.82) is 5.26 Å². The molecule has 2 aromatic rings. The number of ether oxygens (including phenoxy) is 2. The first-order valence-corrected chi connectivity index (χ1v) is 12.2. The topological polar surface area (TPSA) is 62.6 Å². The van der Waals surface area contributed by atoms with E-state index >= 15 is 0 Å². The molecule has 0 N–H and O–H groups in total. The molecule has 0 aromatic heterocycles. The molecule has 2 aliphatic rings. The lowest BCUT2D eigenvalue weighted by molar-refractivity contribution is -0.0137. The monoisotopic (exact) mass is 458 g/mol. The van der Waals surface area contributed by atoms with Gasteiger partial charge in [-0.1, -0.05) is 63.6 Å². The molecule has 1 aliphatic heterocycles. The Morgan fingerprint density at radius 2 is 2.00 bits per heavy atom. The van der Waals surface area contributed by atoms with Crippen molar-refractivity contribution in [2.75, 3.05) is 7.11 Å². The molecule has 1 unspecified atom stereocenters. The van der Waals surface area contributed by atoms with Gasteiger partial charge in [0.2, 0.25) is 0 Å². The van der Waals surface area contributed by atoms with Gasteiger partial charge in [0.05, 0.1) is 13.2 Å². The Kier molecular flexibility index (Phi) is 6.97. The molecule has 4 atom stereocenters. The molecular weight excluding hydrogens is 424 g/mol. The van der Waals surface area contributed by atoms with Crippen LogP contribution in [0.1, 0.15) is 56.7 Å². The second-order valence-electron chi connectivity index (χ2n) is 10.0. The van der Waals surface area contributed by atoms with E-state index in [2.05, 4.69) is 26.8 Å². The maximum absolute atomic E-state index is 13.7. The largest absolute Gasteiger partial charge is 0.497 e. The second kappa shape index (κ2) is 9.93. The Morgan fingerprint density at radius 3 is 2.74 bits per heavy atom. The fraction of sp³-hybridized carbons (Fsp3) is 0.448. The number of benzene rings is 2. The Hall–Kier alpha value is -3.26. The summed E-state index contributed by atoms with van der Waals surface area (Å²) in [6.45, 7) is 6.61. The van der Waals surface area contributed by atoms with Crippen LogP contribution in [0.3, 0.4) is 0 Å². The smallest absolute Gasteiger partial charge is 0.415 e. The van der Waals surface area contributed by atoms with E-state index in [0.29, 0.717) is 24.2 Å². The molecule has 1 saturated carbocycles. The van der Waals surface area contributed by atoms with Gasteiger partial charge >= 0.3 is 6.09 Å². The van der Waals surface area contributed by atoms with Gasteiger partial charge in [-0.3, -0.25) is 4.90 Å². The van der Waals surface area contributed by atoms with Crippen molar-refractivity contribution in [2.24, 2.45) is 17.8 Å². The van der Waals surface area contributed by atoms with Crippen molar-refractivity contribution >= 4 is 12.2 Å². The molecule has 2 aromatic carbocycles. The lowest BCUT2D eigenvalue weighted by Gasteiger charge is -2.42. The molecule has 5 heteroatoms. The molecule has 4 rings (SSSR count). The van der Waals surface area contributed by atoms with Crippen LogP contribution in [0.2, 0.25) is 0 Å². The van der Waals surface area contributed by atoms with Crippen LogP contribution < -0.4 is 4.74 Å². The Bertz CT molecular complexity index is 1100. The number of fused-ring (bicyclic) bond motifs is 1. The molecule has 0 spiro atoms. The van der Waals surface area contributed by atoms with Gasteiger partial charge in [0.15, 0.2) is 5.54 Å². The Balaban J connectivity index is 1.71. The minimum absolute atomic E-state index is 0.143. The van der Waals surface area contributed by atoms with Crippen LogP contribution in [0, 0.1) is 29.1 Å². The SMILES string of the molecule is COc1cccc(CC2(C#N)c3ccccc3C=CN2C(=O)O[C@@H]2C[C@H](C)CC[C@H]2C(C)C)c1. The standard InChI is InChI=1S/C29H34N2O3/c1-20(2)25-13-12-21(3)16-27(25)34-28(32)31-15-14-23-9-5-6-11-26(23)29(31,19-30)18-22-8-7-10-24(17-22)33-4/h5-11,14-15,17,20-21,25,27H,12-13,16,18H2,1-4H3/t21-,25+,27-,29?/m1/s1. The number of hydrogen-bond acceptors (Lipinski definition) is 4. The predicted molar refractivity (Wildman–Crippen MR) is 133 cm³/mol. The van der Waals surface area contributed by atoms with Crippen LogP contribution in [0.15, 0.2) is 54.7 Å². The van der Waals surface area contributed by atoms with E-state index in [9.17, 15) is 10.1 Å². The summed E-state index contributed by atoms with van der Waals surface area (Å²) in [5.74, 6) is 2.00. The number of amides is 1. The van der Waals surface area contributed by atoms with Gasteiger partial charge in [-0.2, -0.15) is 5.26 Å². The first kappa shape index (κ1) is 23.9. The van der Waals surface area contributed by atoms with Gasteiger partial charge in [0, 0.05) is 18.2 Å². The minimum atomic E-state index is -1.22. The van der Waals surface area contributed by atoms with Gasteiger partial charge in [0.25, 0.3) is 0 Å². The molecule has 0 bridgehead atoms. The van der Waals surface area contributed by atoms with Crippen LogP contribution in [-0.2, 0) is 16.7 Å². The summed E-state index contributed by atoms with van der Waals surface area (Å²) in [5.41, 5.74) is 1.43. The van der Waals surface area contributed by atoms with E-state index in [4.69, 9.17) is 9.47 Å². The molecule has 1 heterocycles. The highest BCUT2D eigenvalue weighted by Gasteiger charge is 2.46. The van der Waals surface area contributed by atoms with E-state index in [0.717, 1.165) is 41.7 Å². The normalized spacial score (nSPS) is 26.0. The van der Waals surface area contributed by atoms with E-state index in [1.165, 1.54) is 4.90 Å². The third-order valence-electron chi connectivity index (χ3n) is 7.41. The number of nitrogens with zero attached hydrogens (tertiary/aromatic N) is 2. The minimum Gasteiger partial charge on any atom is -0.497 e. The third kappa shape index (κ3) is 4.55. The molecule has 34 heavy (non-hydrogen) atoms. The maximum atomic E-state index is 13.7. The first-order valence-electron chi connectivity index (χ1n) is 12.2. The lowest BCUT2D eigenvalue weighted by atomic mass is 9.75. The van der Waals surface area contributed by atoms with Crippen LogP contribution in [0.4, 0.5) is 4.79 Å². The Morgan fingerprint density at radius 1 is 1.21 bits per heavy atom. The average molecular weight is 459 g/mol. The van der Waals surface area contributed by atoms with Gasteiger partial charge in [-0.25, -0.2) is 4.79 Å². The number of methoxy groups -OCH3 is 1. The van der Waals surface area contributed by atoms with Crippen LogP contribution >= 0.6 is 0 Å². The van der Waals surface area contributed by atoms with Gasteiger partial charge in [-0.15, -0.1) is 0 Å². The second-order valence-corrected chi connectivity index (χ2v) is 10.0. The highest BCUT2D eigenvalue weighted by atomic mass is 16.6. The van der Waals surface area contributed by atoms with E-state index < -0.39 is 11.6 Å². The third-order valence-corrected chi connectivity index (χ3v) is 7.41. The van der Waals surface area contributed by atoms with Crippen molar-refractivity contribution < 1.29 is 14.3 Å². The van der Waals surface area contributed by atoms with E-state index in [1.54, 1.807) is 13.3 Å². The molecular formula is C29H34N2O3. The van der Waals surface area contributed by atoms with Crippen molar-refractivity contribution in [3.05, 3.63) is 71.4 Å². The predicted octanol–water partition coefficient (Wildman–Crippen LogP) is 6.54. The van der Waals surface area contributed by atoms with Crippen molar-refractivity contribution in [3.63, 3.8) is 0 Å². The van der Waals surface area contributed by atoms with Crippen molar-refractivity contribution in [2.45, 2.75) is 58.1 Å². The highest BCUT2D eigenvalue weighted by Crippen LogP contribution is 2.41. The van der Waals surface area contributed by atoms with Gasteiger partial charge in [0.1, 0.15) is 11.9 Å². The summed E-state index contributed by atoms with van der Waals surface area (Å²) < 4.78 is 11.6. The molecule has 5 nitrogen and oxygen atoms in total. The number of rotatable bonds is 5. The molecule has 0 radical (unpaired) electrons. The molecule has 0 saturated heterocycles. The Labute approximate surface area is 203 Å². The van der Waals surface area contributed by atoms with Gasteiger partial charge in [-0.05, 0) is 59.9 Å². The molecule has 1 fully saturated rings. The fourth-order valence-corrected chi connectivity index (χ4v) is 5.50. The summed E-state index contributed by atoms with van der Waals surface area (Å²) in [5, 5.41) is 10.6. The number of carbonyl (C=O) groups excluding carboxylic acids is 1. The lowest BCUT2D eigenvalue weighted by Crippen LogP contribution is -2.50. The number of hydrogen-bond donors (Lipinski definition) is 0. The molecule has 1 aliphatic carbocycles. The average Bonchev–Trinajstić information content (AvgIpc) is 2.84. The van der Waals surface area contributed by atoms with Crippen molar-refractivity contribution in [3.8, 4) is 11.8 Å². The first-order chi connectivity index (χ1) is 16.4. The quantitative estimate of drug-likeness (QED) is 0.510. The number of carbonyl (C=O) groups is 1. The zero-order valence-electron chi connectivity index (χ0n) is 20.5. The summed E-state index contributed by atoms with van der Waals surface area (Å²) in [6.07, 6.45) is 6.40. The zero-order chi connectivity index (χ0) is 24.3. The van der Waals surface area contributed by atoms with E-state index in [1.807, 2.05) is 54.6 Å². The van der Waals surface area contributed by atoms with Crippen molar-refractivity contribution in [1.82, 2.24) is 4.90 Å². The summed E-state index contributed by atoms with van der Waals surface area (Å²) >= 11 is 0. The summed E-state index contributed by atoms with van der Waals surface area (Å²) in [7, 11) is 1.62. The number of nitriles is 1. The van der Waals surface area contributed by atoms with Gasteiger partial charge < -0.3 is 9.47 Å². The molecule has 1 amide bonds. The van der Waals surface area contributed by atoms with Crippen LogP contribution in [0.25, 0.3) is 6.08 Å². The zero-order valence-corrected chi connectivity index (χ0v) is 20.5. The highest BCUT2D eigenvalue weighted by molar-refractivity contribution is 5.76. The molecule has 178 valence electrons. The van der Waals surface area contributed by atoms with Crippen LogP contribution in [0.5, 0.6) is 5.75 Å².